The van der Waals surface area contributed by atoms with Gasteiger partial charge in [0.25, 0.3) is 5.91 Å². The van der Waals surface area contributed by atoms with E-state index < -0.39 is 6.04 Å². The molecule has 0 saturated heterocycles. The predicted molar refractivity (Wildman–Crippen MR) is 116 cm³/mol. The lowest BCUT2D eigenvalue weighted by atomic mass is 9.77. The van der Waals surface area contributed by atoms with Crippen molar-refractivity contribution in [2.45, 2.75) is 57.6 Å². The molecule has 1 aromatic carbocycles. The van der Waals surface area contributed by atoms with Gasteiger partial charge in [-0.05, 0) is 43.4 Å². The molecule has 0 spiro atoms. The molecular weight excluding hydrogens is 414 g/mol. The highest BCUT2D eigenvalue weighted by molar-refractivity contribution is 7.13. The highest BCUT2D eigenvalue weighted by Crippen LogP contribution is 2.48. The van der Waals surface area contributed by atoms with Gasteiger partial charge in [-0.3, -0.25) is 14.5 Å². The Morgan fingerprint density at radius 3 is 2.74 bits per heavy atom. The molecule has 8 heteroatoms. The quantitative estimate of drug-likeness (QED) is 0.627. The van der Waals surface area contributed by atoms with Crippen molar-refractivity contribution in [3.8, 4) is 5.75 Å². The van der Waals surface area contributed by atoms with Crippen LogP contribution in [0.5, 0.6) is 5.75 Å². The minimum atomic E-state index is -0.560. The minimum Gasteiger partial charge on any atom is -0.494 e. The summed E-state index contributed by atoms with van der Waals surface area (Å²) in [6, 6.07) is 7.07. The molecule has 3 unspecified atom stereocenters. The normalized spacial score (nSPS) is 25.3. The summed E-state index contributed by atoms with van der Waals surface area (Å²) in [5.41, 5.74) is 2.88. The Kier molecular flexibility index (Phi) is 5.48. The first-order valence-corrected chi connectivity index (χ1v) is 11.8. The average Bonchev–Trinajstić information content (AvgIpc) is 3.41. The summed E-state index contributed by atoms with van der Waals surface area (Å²) < 4.78 is 11.9. The Morgan fingerprint density at radius 2 is 2.00 bits per heavy atom. The molecule has 0 bridgehead atoms. The second-order valence-corrected chi connectivity index (χ2v) is 9.04. The van der Waals surface area contributed by atoms with Crippen molar-refractivity contribution in [3.63, 3.8) is 0 Å². The fourth-order valence-electron chi connectivity index (χ4n) is 4.71. The van der Waals surface area contributed by atoms with Gasteiger partial charge in [-0.1, -0.05) is 43.2 Å². The number of amides is 1. The van der Waals surface area contributed by atoms with Crippen LogP contribution in [-0.4, -0.2) is 34.6 Å². The van der Waals surface area contributed by atoms with Crippen molar-refractivity contribution in [1.82, 2.24) is 10.2 Å². The third-order valence-corrected chi connectivity index (χ3v) is 6.97. The smallest absolute Gasteiger partial charge is 0.296 e. The number of Topliss-reactive ketones (excluding diaryl/α,β-unsaturated/α-hetero) is 1. The van der Waals surface area contributed by atoms with E-state index in [0.29, 0.717) is 17.3 Å². The molecule has 31 heavy (non-hydrogen) atoms. The SMILES string of the molecule is CCCCOc1ccc(C2C3=C(OC4CCCCC4C3=O)C(=O)N2c2nncs2)cc1. The van der Waals surface area contributed by atoms with Crippen molar-refractivity contribution < 1.29 is 19.1 Å². The van der Waals surface area contributed by atoms with E-state index in [1.54, 1.807) is 10.4 Å². The van der Waals surface area contributed by atoms with E-state index in [-0.39, 0.29) is 29.5 Å². The van der Waals surface area contributed by atoms with Crippen LogP contribution >= 0.6 is 11.3 Å². The van der Waals surface area contributed by atoms with Gasteiger partial charge in [-0.15, -0.1) is 10.2 Å². The van der Waals surface area contributed by atoms with Gasteiger partial charge >= 0.3 is 0 Å². The number of benzene rings is 1. The van der Waals surface area contributed by atoms with Gasteiger partial charge < -0.3 is 9.47 Å². The van der Waals surface area contributed by atoms with E-state index in [1.807, 2.05) is 24.3 Å². The first kappa shape index (κ1) is 20.2. The molecule has 1 saturated carbocycles. The van der Waals surface area contributed by atoms with Crippen molar-refractivity contribution in [1.29, 1.82) is 0 Å². The number of carbonyl (C=O) groups excluding carboxylic acids is 2. The Morgan fingerprint density at radius 1 is 1.19 bits per heavy atom. The number of anilines is 1. The Hall–Kier alpha value is -2.74. The average molecular weight is 440 g/mol. The summed E-state index contributed by atoms with van der Waals surface area (Å²) in [6.07, 6.45) is 5.52. The zero-order valence-electron chi connectivity index (χ0n) is 17.5. The van der Waals surface area contributed by atoms with Crippen LogP contribution in [0.25, 0.3) is 0 Å². The van der Waals surface area contributed by atoms with Crippen LogP contribution in [0.1, 0.15) is 57.1 Å². The summed E-state index contributed by atoms with van der Waals surface area (Å²) in [7, 11) is 0. The molecule has 1 amide bonds. The standard InChI is InChI=1S/C23H25N3O4S/c1-2-3-12-29-15-10-8-14(9-11-15)19-18-20(27)16-6-4-5-7-17(16)30-21(18)22(28)26(19)23-25-24-13-31-23/h8-11,13,16-17,19H,2-7,12H2,1H3. The molecule has 1 aromatic heterocycles. The largest absolute Gasteiger partial charge is 0.494 e. The maximum atomic E-state index is 13.6. The van der Waals surface area contributed by atoms with Crippen LogP contribution in [0.3, 0.4) is 0 Å². The van der Waals surface area contributed by atoms with E-state index in [0.717, 1.165) is 49.8 Å². The number of fused-ring (bicyclic) bond motifs is 1. The van der Waals surface area contributed by atoms with Crippen LogP contribution in [0, 0.1) is 5.92 Å². The van der Waals surface area contributed by atoms with Crippen LogP contribution in [0.4, 0.5) is 5.13 Å². The molecule has 5 rings (SSSR count). The van der Waals surface area contributed by atoms with Crippen molar-refractivity contribution >= 4 is 28.2 Å². The van der Waals surface area contributed by atoms with Gasteiger partial charge in [0.1, 0.15) is 17.4 Å². The number of aromatic nitrogens is 2. The van der Waals surface area contributed by atoms with Gasteiger partial charge in [0.2, 0.25) is 5.13 Å². The topological polar surface area (TPSA) is 81.6 Å². The lowest BCUT2D eigenvalue weighted by Gasteiger charge is -2.35. The molecule has 3 atom stereocenters. The van der Waals surface area contributed by atoms with Crippen LogP contribution < -0.4 is 9.64 Å². The second kappa shape index (κ2) is 8.42. The van der Waals surface area contributed by atoms with Crippen molar-refractivity contribution in [2.75, 3.05) is 11.5 Å². The summed E-state index contributed by atoms with van der Waals surface area (Å²) in [6.45, 7) is 2.79. The van der Waals surface area contributed by atoms with E-state index in [1.165, 1.54) is 11.3 Å². The van der Waals surface area contributed by atoms with Gasteiger partial charge in [-0.25, -0.2) is 0 Å². The zero-order chi connectivity index (χ0) is 21.4. The number of ketones is 1. The van der Waals surface area contributed by atoms with E-state index >= 15 is 0 Å². The first-order chi connectivity index (χ1) is 15.2. The highest BCUT2D eigenvalue weighted by atomic mass is 32.1. The molecule has 3 heterocycles. The molecule has 1 fully saturated rings. The molecular formula is C23H25N3O4S. The zero-order valence-corrected chi connectivity index (χ0v) is 18.3. The van der Waals surface area contributed by atoms with E-state index in [9.17, 15) is 9.59 Å². The first-order valence-electron chi connectivity index (χ1n) is 11.0. The van der Waals surface area contributed by atoms with Gasteiger partial charge in [0.05, 0.1) is 24.1 Å². The Balaban J connectivity index is 1.52. The lowest BCUT2D eigenvalue weighted by molar-refractivity contribution is -0.131. The number of hydrogen-bond donors (Lipinski definition) is 0. The fourth-order valence-corrected chi connectivity index (χ4v) is 5.30. The number of nitrogens with zero attached hydrogens (tertiary/aromatic N) is 3. The maximum Gasteiger partial charge on any atom is 0.296 e. The molecule has 162 valence electrons. The van der Waals surface area contributed by atoms with E-state index in [4.69, 9.17) is 9.47 Å². The maximum absolute atomic E-state index is 13.6. The number of rotatable bonds is 6. The molecule has 0 N–H and O–H groups in total. The number of carbonyl (C=O) groups is 2. The molecule has 2 aliphatic heterocycles. The molecule has 2 aromatic rings. The third-order valence-electron chi connectivity index (χ3n) is 6.28. The second-order valence-electron chi connectivity index (χ2n) is 8.22. The van der Waals surface area contributed by atoms with Crippen LogP contribution in [0.2, 0.25) is 0 Å². The number of unbranched alkanes of at least 4 members (excludes halogenated alkanes) is 1. The van der Waals surface area contributed by atoms with Crippen LogP contribution in [-0.2, 0) is 14.3 Å². The predicted octanol–water partition coefficient (Wildman–Crippen LogP) is 4.22. The van der Waals surface area contributed by atoms with Crippen molar-refractivity contribution in [3.05, 3.63) is 46.7 Å². The summed E-state index contributed by atoms with van der Waals surface area (Å²) in [4.78, 5) is 28.5. The number of hydrogen-bond acceptors (Lipinski definition) is 7. The molecule has 3 aliphatic rings. The monoisotopic (exact) mass is 439 g/mol. The Bertz CT molecular complexity index is 1000. The molecule has 7 nitrogen and oxygen atoms in total. The van der Waals surface area contributed by atoms with Crippen LogP contribution in [0.15, 0.2) is 41.1 Å². The van der Waals surface area contributed by atoms with Gasteiger partial charge in [0.15, 0.2) is 11.5 Å². The van der Waals surface area contributed by atoms with Gasteiger partial charge in [0, 0.05) is 0 Å². The number of ether oxygens (including phenoxy) is 2. The summed E-state index contributed by atoms with van der Waals surface area (Å²) in [5, 5.41) is 8.49. The molecule has 1 aliphatic carbocycles. The fraction of sp³-hybridized carbons (Fsp3) is 0.478. The Labute approximate surface area is 185 Å². The summed E-state index contributed by atoms with van der Waals surface area (Å²) >= 11 is 1.28. The van der Waals surface area contributed by atoms with Crippen molar-refractivity contribution in [2.24, 2.45) is 5.92 Å². The lowest BCUT2D eigenvalue weighted by Crippen LogP contribution is -2.39. The third kappa shape index (κ3) is 3.52. The summed E-state index contributed by atoms with van der Waals surface area (Å²) in [5.74, 6) is 0.527. The highest BCUT2D eigenvalue weighted by Gasteiger charge is 2.53. The van der Waals surface area contributed by atoms with E-state index in [2.05, 4.69) is 17.1 Å². The minimum absolute atomic E-state index is 0.0413. The molecule has 0 radical (unpaired) electrons. The van der Waals surface area contributed by atoms with Gasteiger partial charge in [-0.2, -0.15) is 0 Å².